The summed E-state index contributed by atoms with van der Waals surface area (Å²) < 4.78 is 20.0. The zero-order valence-electron chi connectivity index (χ0n) is 15.3. The summed E-state index contributed by atoms with van der Waals surface area (Å²) in [4.78, 5) is 12.5. The van der Waals surface area contributed by atoms with Crippen molar-refractivity contribution in [1.29, 1.82) is 5.26 Å². The molecule has 1 aliphatic rings. The van der Waals surface area contributed by atoms with Gasteiger partial charge in [-0.15, -0.1) is 0 Å². The van der Waals surface area contributed by atoms with E-state index in [9.17, 15) is 14.4 Å². The van der Waals surface area contributed by atoms with Crippen molar-refractivity contribution in [2.45, 2.75) is 38.3 Å². The number of rotatable bonds is 6. The Kier molecular flexibility index (Phi) is 6.83. The van der Waals surface area contributed by atoms with Gasteiger partial charge in [0, 0.05) is 16.1 Å². The van der Waals surface area contributed by atoms with E-state index in [-0.39, 0.29) is 29.9 Å². The number of amides is 1. The number of hydrogen-bond donors (Lipinski definition) is 1. The summed E-state index contributed by atoms with van der Waals surface area (Å²) in [5, 5.41) is 12.4. The van der Waals surface area contributed by atoms with Gasteiger partial charge in [0.2, 0.25) is 0 Å². The molecule has 3 rings (SSSR count). The molecular weight excluding hydrogens is 423 g/mol. The predicted octanol–water partition coefficient (Wildman–Crippen LogP) is 5.13. The minimum absolute atomic E-state index is 0.0283. The zero-order chi connectivity index (χ0) is 19.9. The van der Waals surface area contributed by atoms with E-state index >= 15 is 0 Å². The van der Waals surface area contributed by atoms with Gasteiger partial charge in [-0.25, -0.2) is 4.39 Å². The molecule has 0 aromatic heterocycles. The molecule has 1 N–H and O–H groups in total. The first-order valence-corrected chi connectivity index (χ1v) is 9.94. The van der Waals surface area contributed by atoms with Crippen molar-refractivity contribution in [1.82, 2.24) is 5.32 Å². The second-order valence-electron chi connectivity index (χ2n) is 6.73. The van der Waals surface area contributed by atoms with E-state index in [0.29, 0.717) is 16.9 Å². The van der Waals surface area contributed by atoms with Crippen LogP contribution in [0.25, 0.3) is 6.08 Å². The summed E-state index contributed by atoms with van der Waals surface area (Å²) in [5.74, 6) is -0.188. The summed E-state index contributed by atoms with van der Waals surface area (Å²) >= 11 is 3.40. The van der Waals surface area contributed by atoms with Gasteiger partial charge in [-0.2, -0.15) is 5.26 Å². The molecule has 1 saturated carbocycles. The second-order valence-corrected chi connectivity index (χ2v) is 7.64. The lowest BCUT2D eigenvalue weighted by atomic mass is 10.1. The van der Waals surface area contributed by atoms with Crippen LogP contribution in [-0.4, -0.2) is 11.9 Å². The standard InChI is InChI=1S/C22H20BrFN2O2/c23-18-8-9-21(28-14-15-4-3-5-19(24)10-15)16(12-18)11-17(13-25)22(27)26-20-6-1-2-7-20/h3-5,8-12,20H,1-2,6-7,14H2,(H,26,27)/b17-11-. The fraction of sp³-hybridized carbons (Fsp3) is 0.273. The van der Waals surface area contributed by atoms with E-state index in [1.165, 1.54) is 18.2 Å². The maximum atomic E-state index is 13.3. The zero-order valence-corrected chi connectivity index (χ0v) is 16.8. The van der Waals surface area contributed by atoms with E-state index in [0.717, 1.165) is 30.2 Å². The van der Waals surface area contributed by atoms with Crippen molar-refractivity contribution in [2.75, 3.05) is 0 Å². The van der Waals surface area contributed by atoms with Crippen molar-refractivity contribution in [3.05, 3.63) is 69.5 Å². The summed E-state index contributed by atoms with van der Waals surface area (Å²) in [6, 6.07) is 13.6. The highest BCUT2D eigenvalue weighted by Gasteiger charge is 2.19. The predicted molar refractivity (Wildman–Crippen MR) is 109 cm³/mol. The molecule has 0 spiro atoms. The number of carbonyl (C=O) groups excluding carboxylic acids is 1. The Hall–Kier alpha value is -2.65. The molecule has 2 aromatic rings. The van der Waals surface area contributed by atoms with Gasteiger partial charge in [0.25, 0.3) is 5.91 Å². The maximum Gasteiger partial charge on any atom is 0.262 e. The minimum Gasteiger partial charge on any atom is -0.488 e. The largest absolute Gasteiger partial charge is 0.488 e. The Morgan fingerprint density at radius 1 is 1.29 bits per heavy atom. The molecule has 2 aromatic carbocycles. The van der Waals surface area contributed by atoms with E-state index < -0.39 is 0 Å². The average Bonchev–Trinajstić information content (AvgIpc) is 3.18. The van der Waals surface area contributed by atoms with Crippen LogP contribution in [0.2, 0.25) is 0 Å². The molecule has 1 fully saturated rings. The fourth-order valence-corrected chi connectivity index (χ4v) is 3.57. The Balaban J connectivity index is 1.79. The number of ether oxygens (including phenoxy) is 1. The van der Waals surface area contributed by atoms with E-state index in [4.69, 9.17) is 4.74 Å². The van der Waals surface area contributed by atoms with Gasteiger partial charge in [0.05, 0.1) is 0 Å². The van der Waals surface area contributed by atoms with Crippen LogP contribution < -0.4 is 10.1 Å². The Labute approximate surface area is 172 Å². The normalized spacial score (nSPS) is 14.5. The fourth-order valence-electron chi connectivity index (χ4n) is 3.19. The number of halogens is 2. The quantitative estimate of drug-likeness (QED) is 0.497. The lowest BCUT2D eigenvalue weighted by Gasteiger charge is -2.12. The summed E-state index contributed by atoms with van der Waals surface area (Å²) in [6.07, 6.45) is 5.61. The van der Waals surface area contributed by atoms with Gasteiger partial charge < -0.3 is 10.1 Å². The van der Waals surface area contributed by atoms with Gasteiger partial charge in [0.15, 0.2) is 0 Å². The SMILES string of the molecule is N#C/C(=C/c1cc(Br)ccc1OCc1cccc(F)c1)C(=O)NC1CCCC1. The number of carbonyl (C=O) groups is 1. The second kappa shape index (κ2) is 9.52. The van der Waals surface area contributed by atoms with Gasteiger partial charge in [-0.05, 0) is 54.8 Å². The number of nitriles is 1. The molecule has 0 radical (unpaired) electrons. The molecule has 0 atom stereocenters. The molecule has 1 aliphatic carbocycles. The van der Waals surface area contributed by atoms with E-state index in [1.807, 2.05) is 12.1 Å². The molecule has 0 heterocycles. The molecular formula is C22H20BrFN2O2. The average molecular weight is 443 g/mol. The van der Waals surface area contributed by atoms with Crippen LogP contribution >= 0.6 is 15.9 Å². The summed E-state index contributed by atoms with van der Waals surface area (Å²) in [7, 11) is 0. The third-order valence-corrected chi connectivity index (χ3v) is 5.10. The van der Waals surface area contributed by atoms with Gasteiger partial charge in [-0.1, -0.05) is 40.9 Å². The van der Waals surface area contributed by atoms with Crippen LogP contribution in [0.4, 0.5) is 4.39 Å². The molecule has 0 bridgehead atoms. The highest BCUT2D eigenvalue weighted by Crippen LogP contribution is 2.27. The Morgan fingerprint density at radius 3 is 2.79 bits per heavy atom. The minimum atomic E-state index is -0.370. The highest BCUT2D eigenvalue weighted by atomic mass is 79.9. The summed E-state index contributed by atoms with van der Waals surface area (Å²) in [6.45, 7) is 0.177. The maximum absolute atomic E-state index is 13.3. The molecule has 6 heteroatoms. The van der Waals surface area contributed by atoms with Crippen LogP contribution in [0.1, 0.15) is 36.8 Å². The number of hydrogen-bond acceptors (Lipinski definition) is 3. The topological polar surface area (TPSA) is 62.1 Å². The molecule has 0 saturated heterocycles. The van der Waals surface area contributed by atoms with E-state index in [2.05, 4.69) is 21.2 Å². The molecule has 4 nitrogen and oxygen atoms in total. The third-order valence-electron chi connectivity index (χ3n) is 4.61. The molecule has 0 unspecified atom stereocenters. The van der Waals surface area contributed by atoms with Crippen molar-refractivity contribution >= 4 is 27.9 Å². The number of benzene rings is 2. The van der Waals surface area contributed by atoms with Crippen molar-refractivity contribution in [3.63, 3.8) is 0 Å². The molecule has 28 heavy (non-hydrogen) atoms. The molecule has 144 valence electrons. The van der Waals surface area contributed by atoms with Crippen LogP contribution in [0.3, 0.4) is 0 Å². The Bertz CT molecular complexity index is 930. The van der Waals surface area contributed by atoms with Crippen molar-refractivity contribution in [3.8, 4) is 11.8 Å². The molecule has 1 amide bonds. The van der Waals surface area contributed by atoms with Crippen molar-refractivity contribution < 1.29 is 13.9 Å². The highest BCUT2D eigenvalue weighted by molar-refractivity contribution is 9.10. The first-order valence-electron chi connectivity index (χ1n) is 9.14. The van der Waals surface area contributed by atoms with Crippen LogP contribution in [0.5, 0.6) is 5.75 Å². The first kappa shape index (κ1) is 20.1. The first-order chi connectivity index (χ1) is 13.5. The van der Waals surface area contributed by atoms with Crippen LogP contribution in [-0.2, 0) is 11.4 Å². The summed E-state index contributed by atoms with van der Waals surface area (Å²) in [5.41, 5.74) is 1.32. The van der Waals surface area contributed by atoms with Gasteiger partial charge in [0.1, 0.15) is 29.8 Å². The van der Waals surface area contributed by atoms with Crippen molar-refractivity contribution in [2.24, 2.45) is 0 Å². The smallest absolute Gasteiger partial charge is 0.262 e. The number of nitrogens with one attached hydrogen (secondary N) is 1. The van der Waals surface area contributed by atoms with E-state index in [1.54, 1.807) is 24.3 Å². The third kappa shape index (κ3) is 5.43. The monoisotopic (exact) mass is 442 g/mol. The lowest BCUT2D eigenvalue weighted by molar-refractivity contribution is -0.117. The van der Waals surface area contributed by atoms with Crippen LogP contribution in [0.15, 0.2) is 52.5 Å². The molecule has 0 aliphatic heterocycles. The van der Waals surface area contributed by atoms with Gasteiger partial charge >= 0.3 is 0 Å². The Morgan fingerprint density at radius 2 is 2.07 bits per heavy atom. The van der Waals surface area contributed by atoms with Crippen LogP contribution in [0, 0.1) is 17.1 Å². The lowest BCUT2D eigenvalue weighted by Crippen LogP contribution is -2.33. The number of nitrogens with zero attached hydrogens (tertiary/aromatic N) is 1. The van der Waals surface area contributed by atoms with Gasteiger partial charge in [-0.3, -0.25) is 4.79 Å².